The lowest BCUT2D eigenvalue weighted by Crippen LogP contribution is -2.22. The second-order valence-corrected chi connectivity index (χ2v) is 10.00. The second-order valence-electron chi connectivity index (χ2n) is 10.00. The van der Waals surface area contributed by atoms with Crippen LogP contribution in [0.1, 0.15) is 78.1 Å². The molecule has 27 heavy (non-hydrogen) atoms. The summed E-state index contributed by atoms with van der Waals surface area (Å²) in [5.74, 6) is 7.75. The normalized spacial score (nSPS) is 34.3. The molecule has 5 atom stereocenters. The van der Waals surface area contributed by atoms with Crippen LogP contribution in [0.4, 0.5) is 0 Å². The zero-order valence-electron chi connectivity index (χ0n) is 17.2. The van der Waals surface area contributed by atoms with Gasteiger partial charge in [-0.3, -0.25) is 0 Å². The van der Waals surface area contributed by atoms with Crippen LogP contribution < -0.4 is 0 Å². The Bertz CT molecular complexity index is 576. The van der Waals surface area contributed by atoms with E-state index in [0.29, 0.717) is 17.8 Å². The maximum absolute atomic E-state index is 10.5. The van der Waals surface area contributed by atoms with Crippen molar-refractivity contribution in [2.75, 3.05) is 6.61 Å². The van der Waals surface area contributed by atoms with Gasteiger partial charge in [0.2, 0.25) is 0 Å². The molecule has 0 saturated heterocycles. The molecule has 0 aromatic rings. The van der Waals surface area contributed by atoms with Crippen molar-refractivity contribution in [2.24, 2.45) is 29.1 Å². The SMILES string of the molecule is CC(C)(C/C=C1\C[C@H]2C[C@@H](O)[C@H](C#C[C@@H](O)C3CCCCC3)[C@H]2C1)CCO. The summed E-state index contributed by atoms with van der Waals surface area (Å²) in [7, 11) is 0. The highest BCUT2D eigenvalue weighted by Gasteiger charge is 2.45. The van der Waals surface area contributed by atoms with Crippen LogP contribution in [0.3, 0.4) is 0 Å². The van der Waals surface area contributed by atoms with E-state index in [0.717, 1.165) is 44.9 Å². The molecule has 3 N–H and O–H groups in total. The highest BCUT2D eigenvalue weighted by molar-refractivity contribution is 5.22. The van der Waals surface area contributed by atoms with Gasteiger partial charge in [-0.25, -0.2) is 0 Å². The summed E-state index contributed by atoms with van der Waals surface area (Å²) in [6.07, 6.45) is 12.2. The number of hydrogen-bond donors (Lipinski definition) is 3. The van der Waals surface area contributed by atoms with Crippen molar-refractivity contribution in [2.45, 2.75) is 90.3 Å². The fraction of sp³-hybridized carbons (Fsp3) is 0.833. The number of hydrogen-bond acceptors (Lipinski definition) is 3. The van der Waals surface area contributed by atoms with Crippen molar-refractivity contribution in [3.05, 3.63) is 11.6 Å². The van der Waals surface area contributed by atoms with E-state index in [9.17, 15) is 15.3 Å². The quantitative estimate of drug-likeness (QED) is 0.502. The Morgan fingerprint density at radius 2 is 1.93 bits per heavy atom. The molecule has 3 heteroatoms. The summed E-state index contributed by atoms with van der Waals surface area (Å²) in [5.41, 5.74) is 1.64. The Hall–Kier alpha value is -0.820. The molecule has 152 valence electrons. The van der Waals surface area contributed by atoms with E-state index in [1.807, 2.05) is 0 Å². The highest BCUT2D eigenvalue weighted by atomic mass is 16.3. The zero-order chi connectivity index (χ0) is 19.4. The number of aliphatic hydroxyl groups excluding tert-OH is 3. The molecular weight excluding hydrogens is 336 g/mol. The molecule has 3 aliphatic carbocycles. The molecular formula is C24H38O3. The van der Waals surface area contributed by atoms with Gasteiger partial charge < -0.3 is 15.3 Å². The molecule has 0 bridgehead atoms. The van der Waals surface area contributed by atoms with Crippen LogP contribution in [0.5, 0.6) is 0 Å². The minimum atomic E-state index is -0.521. The second kappa shape index (κ2) is 9.12. The van der Waals surface area contributed by atoms with Crippen LogP contribution in [-0.4, -0.2) is 34.1 Å². The van der Waals surface area contributed by atoms with Gasteiger partial charge in [0.25, 0.3) is 0 Å². The van der Waals surface area contributed by atoms with Gasteiger partial charge in [-0.1, -0.05) is 56.6 Å². The Labute approximate surface area is 165 Å². The fourth-order valence-corrected chi connectivity index (χ4v) is 5.41. The molecule has 0 heterocycles. The third-order valence-corrected chi connectivity index (χ3v) is 7.27. The van der Waals surface area contributed by atoms with E-state index in [2.05, 4.69) is 31.8 Å². The Morgan fingerprint density at radius 3 is 2.63 bits per heavy atom. The van der Waals surface area contributed by atoms with Crippen LogP contribution >= 0.6 is 0 Å². The van der Waals surface area contributed by atoms with E-state index in [-0.39, 0.29) is 24.0 Å². The summed E-state index contributed by atoms with van der Waals surface area (Å²) in [6, 6.07) is 0. The van der Waals surface area contributed by atoms with Gasteiger partial charge in [-0.2, -0.15) is 0 Å². The first-order chi connectivity index (χ1) is 12.9. The molecule has 0 aliphatic heterocycles. The predicted molar refractivity (Wildman–Crippen MR) is 109 cm³/mol. The average molecular weight is 375 g/mol. The molecule has 0 amide bonds. The monoisotopic (exact) mass is 374 g/mol. The Balaban J connectivity index is 1.59. The average Bonchev–Trinajstić information content (AvgIpc) is 3.15. The number of allylic oxidation sites excluding steroid dienone is 2. The third-order valence-electron chi connectivity index (χ3n) is 7.27. The van der Waals surface area contributed by atoms with Gasteiger partial charge in [-0.15, -0.1) is 0 Å². The van der Waals surface area contributed by atoms with Gasteiger partial charge in [0, 0.05) is 12.5 Å². The molecule has 3 nitrogen and oxygen atoms in total. The lowest BCUT2D eigenvalue weighted by atomic mass is 9.84. The van der Waals surface area contributed by atoms with Crippen LogP contribution in [-0.2, 0) is 0 Å². The lowest BCUT2D eigenvalue weighted by Gasteiger charge is -2.23. The number of aliphatic hydroxyl groups is 3. The first-order valence-corrected chi connectivity index (χ1v) is 11.1. The van der Waals surface area contributed by atoms with Gasteiger partial charge in [0.15, 0.2) is 0 Å². The molecule has 0 aromatic heterocycles. The molecule has 3 rings (SSSR count). The van der Waals surface area contributed by atoms with Gasteiger partial charge in [0.05, 0.1) is 6.10 Å². The predicted octanol–water partition coefficient (Wildman–Crippen LogP) is 4.06. The van der Waals surface area contributed by atoms with Crippen molar-refractivity contribution in [3.63, 3.8) is 0 Å². The molecule has 0 unspecified atom stereocenters. The molecule has 0 radical (unpaired) electrons. The van der Waals surface area contributed by atoms with Crippen molar-refractivity contribution in [1.82, 2.24) is 0 Å². The maximum atomic E-state index is 10.5. The molecule has 3 aliphatic rings. The smallest absolute Gasteiger partial charge is 0.117 e. The molecule has 0 spiro atoms. The van der Waals surface area contributed by atoms with Crippen LogP contribution in [0.15, 0.2) is 11.6 Å². The van der Waals surface area contributed by atoms with Gasteiger partial charge in [0.1, 0.15) is 6.10 Å². The third kappa shape index (κ3) is 5.37. The number of fused-ring (bicyclic) bond motifs is 1. The van der Waals surface area contributed by atoms with Crippen LogP contribution in [0, 0.1) is 40.9 Å². The minimum Gasteiger partial charge on any atom is -0.396 e. The fourth-order valence-electron chi connectivity index (χ4n) is 5.41. The lowest BCUT2D eigenvalue weighted by molar-refractivity contribution is 0.130. The van der Waals surface area contributed by atoms with E-state index >= 15 is 0 Å². The molecule has 3 fully saturated rings. The Kier molecular flexibility index (Phi) is 7.06. The summed E-state index contributed by atoms with van der Waals surface area (Å²) in [6.45, 7) is 4.66. The summed E-state index contributed by atoms with van der Waals surface area (Å²) < 4.78 is 0. The maximum Gasteiger partial charge on any atom is 0.117 e. The first kappa shape index (κ1) is 20.9. The standard InChI is InChI=1S/C24H38O3/c1-24(2,12-13-25)11-10-17-14-19-16-23(27)20(21(19)15-17)8-9-22(26)18-6-4-3-5-7-18/h10,18-23,25-27H,3-7,11-16H2,1-2H3/b17-10+/t19-,20+,21-,22+,23+/m0/s1. The van der Waals surface area contributed by atoms with Crippen molar-refractivity contribution < 1.29 is 15.3 Å². The topological polar surface area (TPSA) is 60.7 Å². The van der Waals surface area contributed by atoms with Gasteiger partial charge in [-0.05, 0) is 68.1 Å². The van der Waals surface area contributed by atoms with Crippen molar-refractivity contribution in [3.8, 4) is 11.8 Å². The number of rotatable bonds is 5. The van der Waals surface area contributed by atoms with E-state index in [1.165, 1.54) is 24.8 Å². The van der Waals surface area contributed by atoms with Crippen LogP contribution in [0.25, 0.3) is 0 Å². The van der Waals surface area contributed by atoms with E-state index in [4.69, 9.17) is 0 Å². The van der Waals surface area contributed by atoms with Gasteiger partial charge >= 0.3 is 0 Å². The summed E-state index contributed by atoms with van der Waals surface area (Å²) in [4.78, 5) is 0. The zero-order valence-corrected chi connectivity index (χ0v) is 17.2. The van der Waals surface area contributed by atoms with Crippen molar-refractivity contribution >= 4 is 0 Å². The van der Waals surface area contributed by atoms with Crippen molar-refractivity contribution in [1.29, 1.82) is 0 Å². The Morgan fingerprint density at radius 1 is 1.19 bits per heavy atom. The minimum absolute atomic E-state index is 0.0181. The van der Waals surface area contributed by atoms with Crippen LogP contribution in [0.2, 0.25) is 0 Å². The summed E-state index contributed by atoms with van der Waals surface area (Å²) in [5, 5.41) is 30.2. The van der Waals surface area contributed by atoms with E-state index < -0.39 is 6.10 Å². The first-order valence-electron chi connectivity index (χ1n) is 11.1. The highest BCUT2D eigenvalue weighted by Crippen LogP contribution is 2.50. The summed E-state index contributed by atoms with van der Waals surface area (Å²) >= 11 is 0. The molecule has 3 saturated carbocycles. The molecule has 0 aromatic carbocycles. The largest absolute Gasteiger partial charge is 0.396 e. The van der Waals surface area contributed by atoms with E-state index in [1.54, 1.807) is 0 Å².